The van der Waals surface area contributed by atoms with E-state index >= 15 is 0 Å². The topological polar surface area (TPSA) is 58.6 Å². The molecule has 6 atom stereocenters. The third-order valence-electron chi connectivity index (χ3n) is 7.13. The van der Waals surface area contributed by atoms with Gasteiger partial charge in [-0.1, -0.05) is 33.3 Å². The fraction of sp³-hybridized carbons (Fsp3) is 0.696. The highest BCUT2D eigenvalue weighted by Crippen LogP contribution is 2.59. The molecule has 3 aliphatic carbocycles. The fourth-order valence-corrected chi connectivity index (χ4v) is 5.83. The van der Waals surface area contributed by atoms with Crippen molar-refractivity contribution in [2.45, 2.75) is 71.4 Å². The SMILES string of the molecule is CC(C)(C)C(Oc1cc(C(=O)[O-])ccc1C(F)(F)F)OC1CC2CC1C1CCCC21. The van der Waals surface area contributed by atoms with E-state index in [9.17, 15) is 23.1 Å². The summed E-state index contributed by atoms with van der Waals surface area (Å²) in [4.78, 5) is 11.2. The van der Waals surface area contributed by atoms with Gasteiger partial charge in [0.15, 0.2) is 0 Å². The first kappa shape index (κ1) is 21.5. The number of ether oxygens (including phenoxy) is 2. The minimum absolute atomic E-state index is 0.0303. The molecule has 7 heteroatoms. The zero-order valence-corrected chi connectivity index (χ0v) is 17.5. The molecule has 0 amide bonds. The van der Waals surface area contributed by atoms with E-state index in [1.165, 1.54) is 19.3 Å². The second-order valence-corrected chi connectivity index (χ2v) is 10.1. The van der Waals surface area contributed by atoms with Crippen molar-refractivity contribution < 1.29 is 32.5 Å². The van der Waals surface area contributed by atoms with Crippen molar-refractivity contribution in [1.82, 2.24) is 0 Å². The van der Waals surface area contributed by atoms with Crippen molar-refractivity contribution >= 4 is 5.97 Å². The normalized spacial score (nSPS) is 31.6. The van der Waals surface area contributed by atoms with Gasteiger partial charge in [-0.15, -0.1) is 0 Å². The number of carboxylic acid groups (broad SMARTS) is 1. The van der Waals surface area contributed by atoms with Gasteiger partial charge in [0.2, 0.25) is 6.29 Å². The van der Waals surface area contributed by atoms with E-state index in [0.717, 1.165) is 37.0 Å². The summed E-state index contributed by atoms with van der Waals surface area (Å²) in [6, 6.07) is 2.49. The van der Waals surface area contributed by atoms with Crippen LogP contribution in [0.2, 0.25) is 0 Å². The number of fused-ring (bicyclic) bond motifs is 5. The Morgan fingerprint density at radius 1 is 1.10 bits per heavy atom. The number of alkyl halides is 3. The largest absolute Gasteiger partial charge is 0.545 e. The lowest BCUT2D eigenvalue weighted by Crippen LogP contribution is -2.42. The van der Waals surface area contributed by atoms with Gasteiger partial charge in [-0.25, -0.2) is 0 Å². The summed E-state index contributed by atoms with van der Waals surface area (Å²) in [5.41, 5.74) is -1.98. The number of hydrogen-bond acceptors (Lipinski definition) is 4. The van der Waals surface area contributed by atoms with Crippen molar-refractivity contribution in [3.05, 3.63) is 29.3 Å². The van der Waals surface area contributed by atoms with Gasteiger partial charge in [0.25, 0.3) is 0 Å². The molecule has 0 saturated heterocycles. The van der Waals surface area contributed by atoms with Crippen molar-refractivity contribution in [3.63, 3.8) is 0 Å². The maximum Gasteiger partial charge on any atom is 0.419 e. The maximum absolute atomic E-state index is 13.5. The van der Waals surface area contributed by atoms with Crippen LogP contribution in [0, 0.1) is 29.1 Å². The number of rotatable bonds is 5. The third kappa shape index (κ3) is 3.93. The maximum atomic E-state index is 13.5. The Kier molecular flexibility index (Phi) is 5.32. The van der Waals surface area contributed by atoms with Crippen molar-refractivity contribution in [2.24, 2.45) is 29.1 Å². The molecule has 30 heavy (non-hydrogen) atoms. The van der Waals surface area contributed by atoms with Crippen molar-refractivity contribution in [2.75, 3.05) is 0 Å². The molecular weight excluding hydrogens is 397 g/mol. The molecule has 3 fully saturated rings. The Balaban J connectivity index is 1.59. The van der Waals surface area contributed by atoms with Crippen LogP contribution in [0.15, 0.2) is 18.2 Å². The summed E-state index contributed by atoms with van der Waals surface area (Å²) < 4.78 is 52.7. The summed E-state index contributed by atoms with van der Waals surface area (Å²) in [6.45, 7) is 5.54. The second-order valence-electron chi connectivity index (χ2n) is 10.1. The molecular formula is C23H28F3O4-. The van der Waals surface area contributed by atoms with Gasteiger partial charge in [-0.05, 0) is 61.5 Å². The monoisotopic (exact) mass is 425 g/mol. The van der Waals surface area contributed by atoms with Gasteiger partial charge in [0, 0.05) is 11.0 Å². The average molecular weight is 425 g/mol. The van der Waals surface area contributed by atoms with Crippen LogP contribution in [-0.4, -0.2) is 18.4 Å². The number of carboxylic acids is 1. The van der Waals surface area contributed by atoms with E-state index in [2.05, 4.69) is 0 Å². The van der Waals surface area contributed by atoms with E-state index in [0.29, 0.717) is 17.8 Å². The predicted octanol–water partition coefficient (Wildman–Crippen LogP) is 4.66. The van der Waals surface area contributed by atoms with Crippen LogP contribution < -0.4 is 9.84 Å². The lowest BCUT2D eigenvalue weighted by molar-refractivity contribution is -0.255. The number of halogens is 3. The van der Waals surface area contributed by atoms with Gasteiger partial charge in [0.1, 0.15) is 5.75 Å². The molecule has 6 unspecified atom stereocenters. The van der Waals surface area contributed by atoms with Crippen LogP contribution in [0.5, 0.6) is 5.75 Å². The van der Waals surface area contributed by atoms with E-state index in [1.807, 2.05) is 20.8 Å². The highest BCUT2D eigenvalue weighted by Gasteiger charge is 2.55. The first-order valence-electron chi connectivity index (χ1n) is 10.7. The van der Waals surface area contributed by atoms with Crippen molar-refractivity contribution in [3.8, 4) is 5.75 Å². The van der Waals surface area contributed by atoms with Crippen LogP contribution in [0.25, 0.3) is 0 Å². The molecule has 0 aromatic heterocycles. The van der Waals surface area contributed by atoms with E-state index in [4.69, 9.17) is 9.47 Å². The molecule has 0 radical (unpaired) electrons. The van der Waals surface area contributed by atoms with Crippen LogP contribution in [0.1, 0.15) is 68.8 Å². The second kappa shape index (κ2) is 7.43. The Morgan fingerprint density at radius 3 is 2.43 bits per heavy atom. The van der Waals surface area contributed by atoms with E-state index in [-0.39, 0.29) is 11.7 Å². The summed E-state index contributed by atoms with van der Waals surface area (Å²) in [6.07, 6.45) is 0.154. The molecule has 4 rings (SSSR count). The van der Waals surface area contributed by atoms with Crippen LogP contribution in [0.4, 0.5) is 13.2 Å². The summed E-state index contributed by atoms with van der Waals surface area (Å²) in [5.74, 6) is 0.419. The molecule has 166 valence electrons. The number of carbonyl (C=O) groups excluding carboxylic acids is 1. The first-order chi connectivity index (χ1) is 13.9. The summed E-state index contributed by atoms with van der Waals surface area (Å²) in [5, 5.41) is 11.2. The van der Waals surface area contributed by atoms with E-state index < -0.39 is 35.2 Å². The zero-order valence-electron chi connectivity index (χ0n) is 17.5. The standard InChI is InChI=1S/C23H29F3O4/c1-22(2,3)21(29-18-11-13-9-16(18)15-6-4-5-14(13)15)30-19-10-12(20(27)28)7-8-17(19)23(24,25)26/h7-8,10,13-16,18,21H,4-6,9,11H2,1-3H3,(H,27,28)/p-1. The first-order valence-corrected chi connectivity index (χ1v) is 10.7. The fourth-order valence-electron chi connectivity index (χ4n) is 5.83. The predicted molar refractivity (Wildman–Crippen MR) is 102 cm³/mol. The molecule has 2 bridgehead atoms. The molecule has 1 aromatic rings. The van der Waals surface area contributed by atoms with Crippen molar-refractivity contribution in [1.29, 1.82) is 0 Å². The Morgan fingerprint density at radius 2 is 1.80 bits per heavy atom. The van der Waals surface area contributed by atoms with Crippen LogP contribution >= 0.6 is 0 Å². The molecule has 0 N–H and O–H groups in total. The third-order valence-corrected chi connectivity index (χ3v) is 7.13. The highest BCUT2D eigenvalue weighted by molar-refractivity contribution is 5.86. The van der Waals surface area contributed by atoms with Gasteiger partial charge in [0.05, 0.1) is 17.6 Å². The summed E-state index contributed by atoms with van der Waals surface area (Å²) in [7, 11) is 0. The minimum Gasteiger partial charge on any atom is -0.545 e. The Hall–Kier alpha value is -1.76. The molecule has 3 aliphatic rings. The lowest BCUT2D eigenvalue weighted by atomic mass is 9.80. The van der Waals surface area contributed by atoms with Crippen LogP contribution in [-0.2, 0) is 10.9 Å². The number of carbonyl (C=O) groups is 1. The number of benzene rings is 1. The zero-order chi connectivity index (χ0) is 21.8. The Labute approximate surface area is 174 Å². The molecule has 1 aromatic carbocycles. The average Bonchev–Trinajstić information content (AvgIpc) is 3.32. The molecule has 4 nitrogen and oxygen atoms in total. The van der Waals surface area contributed by atoms with Gasteiger partial charge in [-0.2, -0.15) is 13.2 Å². The smallest absolute Gasteiger partial charge is 0.419 e. The number of hydrogen-bond donors (Lipinski definition) is 0. The van der Waals surface area contributed by atoms with Gasteiger partial charge < -0.3 is 19.4 Å². The molecule has 0 aliphatic heterocycles. The van der Waals surface area contributed by atoms with Crippen LogP contribution in [0.3, 0.4) is 0 Å². The Bertz CT molecular complexity index is 814. The molecule has 3 saturated carbocycles. The number of aromatic carboxylic acids is 1. The lowest BCUT2D eigenvalue weighted by Gasteiger charge is -2.38. The molecule has 0 spiro atoms. The quantitative estimate of drug-likeness (QED) is 0.644. The minimum atomic E-state index is -4.67. The van der Waals surface area contributed by atoms with E-state index in [1.54, 1.807) is 0 Å². The van der Waals surface area contributed by atoms with Gasteiger partial charge >= 0.3 is 6.18 Å². The van der Waals surface area contributed by atoms with Gasteiger partial charge in [-0.3, -0.25) is 0 Å². The summed E-state index contributed by atoms with van der Waals surface area (Å²) >= 11 is 0. The highest BCUT2D eigenvalue weighted by atomic mass is 19.4. The molecule has 0 heterocycles.